The molecule has 0 aromatic heterocycles. The Hall–Kier alpha value is -0.780. The first-order chi connectivity index (χ1) is 8.66. The van der Waals surface area contributed by atoms with E-state index in [0.717, 1.165) is 0 Å². The molecule has 0 bridgehead atoms. The number of rotatable bonds is 4. The molecule has 0 aliphatic heterocycles. The zero-order valence-electron chi connectivity index (χ0n) is 11.7. The second-order valence-corrected chi connectivity index (χ2v) is 5.73. The molecule has 0 heterocycles. The second kappa shape index (κ2) is 6.11. The summed E-state index contributed by atoms with van der Waals surface area (Å²) in [6.07, 6.45) is -2.85. The molecular weight excluding hydrogens is 257 g/mol. The van der Waals surface area contributed by atoms with Gasteiger partial charge in [0.25, 0.3) is 0 Å². The van der Waals surface area contributed by atoms with Crippen LogP contribution in [0.5, 0.6) is 0 Å². The summed E-state index contributed by atoms with van der Waals surface area (Å²) in [7, 11) is 0. The van der Waals surface area contributed by atoms with Gasteiger partial charge in [-0.3, -0.25) is 4.79 Å². The highest BCUT2D eigenvalue weighted by Crippen LogP contribution is 2.37. The molecule has 112 valence electrons. The van der Waals surface area contributed by atoms with Crippen LogP contribution in [0.4, 0.5) is 13.2 Å². The maximum absolute atomic E-state index is 12.7. The van der Waals surface area contributed by atoms with E-state index in [9.17, 15) is 18.0 Å². The zero-order chi connectivity index (χ0) is 14.7. The van der Waals surface area contributed by atoms with E-state index >= 15 is 0 Å². The number of hydrogen-bond acceptors (Lipinski definition) is 2. The van der Waals surface area contributed by atoms with E-state index < -0.39 is 17.6 Å². The Bertz CT molecular complexity index is 316. The van der Waals surface area contributed by atoms with Crippen LogP contribution < -0.4 is 10.6 Å². The molecule has 0 aromatic rings. The van der Waals surface area contributed by atoms with Gasteiger partial charge in [0, 0.05) is 6.04 Å². The number of hydrogen-bond donors (Lipinski definition) is 2. The SMILES string of the molecule is CCNC(C)(C)C(=O)NC1CCCC(C(F)(F)F)C1. The van der Waals surface area contributed by atoms with Crippen LogP contribution in [-0.2, 0) is 4.79 Å². The van der Waals surface area contributed by atoms with Crippen LogP contribution in [0.25, 0.3) is 0 Å². The summed E-state index contributed by atoms with van der Waals surface area (Å²) in [5.74, 6) is -1.52. The van der Waals surface area contributed by atoms with Crippen molar-refractivity contribution in [3.63, 3.8) is 0 Å². The smallest absolute Gasteiger partial charge is 0.352 e. The van der Waals surface area contributed by atoms with Crippen molar-refractivity contribution in [2.24, 2.45) is 5.92 Å². The summed E-state index contributed by atoms with van der Waals surface area (Å²) in [6.45, 7) is 5.98. The standard InChI is InChI=1S/C13H23F3N2O/c1-4-17-12(2,3)11(19)18-10-7-5-6-9(8-10)13(14,15)16/h9-10,17H,4-8H2,1-3H3,(H,18,19). The third-order valence-electron chi connectivity index (χ3n) is 3.66. The molecule has 6 heteroatoms. The van der Waals surface area contributed by atoms with Crippen molar-refractivity contribution in [3.8, 4) is 0 Å². The van der Waals surface area contributed by atoms with Crippen LogP contribution in [0.3, 0.4) is 0 Å². The van der Waals surface area contributed by atoms with Gasteiger partial charge >= 0.3 is 6.18 Å². The van der Waals surface area contributed by atoms with Crippen molar-refractivity contribution >= 4 is 5.91 Å². The van der Waals surface area contributed by atoms with Gasteiger partial charge in [0.1, 0.15) is 0 Å². The number of nitrogens with one attached hydrogen (secondary N) is 2. The molecule has 1 saturated carbocycles. The lowest BCUT2D eigenvalue weighted by Crippen LogP contribution is -2.55. The van der Waals surface area contributed by atoms with Crippen molar-refractivity contribution in [2.75, 3.05) is 6.54 Å². The molecule has 2 N–H and O–H groups in total. The van der Waals surface area contributed by atoms with Crippen LogP contribution in [0, 0.1) is 5.92 Å². The molecule has 1 rings (SSSR count). The average molecular weight is 280 g/mol. The van der Waals surface area contributed by atoms with Gasteiger partial charge in [0.15, 0.2) is 0 Å². The lowest BCUT2D eigenvalue weighted by atomic mass is 9.85. The first kappa shape index (κ1) is 16.3. The van der Waals surface area contributed by atoms with Gasteiger partial charge in [-0.05, 0) is 39.7 Å². The highest BCUT2D eigenvalue weighted by molar-refractivity contribution is 5.85. The van der Waals surface area contributed by atoms with Crippen LogP contribution in [0.15, 0.2) is 0 Å². The number of amides is 1. The number of carbonyl (C=O) groups excluding carboxylic acids is 1. The van der Waals surface area contributed by atoms with E-state index in [-0.39, 0.29) is 24.8 Å². The molecule has 3 nitrogen and oxygen atoms in total. The molecule has 19 heavy (non-hydrogen) atoms. The predicted octanol–water partition coefficient (Wildman–Crippen LogP) is 2.61. The van der Waals surface area contributed by atoms with Crippen molar-refractivity contribution < 1.29 is 18.0 Å². The summed E-state index contributed by atoms with van der Waals surface area (Å²) in [4.78, 5) is 12.0. The van der Waals surface area contributed by atoms with Gasteiger partial charge in [0.2, 0.25) is 5.91 Å². The van der Waals surface area contributed by atoms with Crippen LogP contribution in [0.2, 0.25) is 0 Å². The number of alkyl halides is 3. The van der Waals surface area contributed by atoms with Gasteiger partial charge in [0.05, 0.1) is 11.5 Å². The molecule has 2 atom stereocenters. The molecule has 0 saturated heterocycles. The van der Waals surface area contributed by atoms with Gasteiger partial charge in [-0.2, -0.15) is 13.2 Å². The largest absolute Gasteiger partial charge is 0.391 e. The summed E-state index contributed by atoms with van der Waals surface area (Å²) in [5.41, 5.74) is -0.750. The monoisotopic (exact) mass is 280 g/mol. The Morgan fingerprint density at radius 3 is 2.42 bits per heavy atom. The normalized spacial score (nSPS) is 25.2. The Morgan fingerprint density at radius 2 is 1.89 bits per heavy atom. The van der Waals surface area contributed by atoms with Gasteiger partial charge in [-0.15, -0.1) is 0 Å². The molecule has 0 spiro atoms. The number of halogens is 3. The highest BCUT2D eigenvalue weighted by Gasteiger charge is 2.42. The lowest BCUT2D eigenvalue weighted by Gasteiger charge is -2.33. The Kier molecular flexibility index (Phi) is 5.24. The minimum absolute atomic E-state index is 0.00253. The number of likely N-dealkylation sites (N-methyl/N-ethyl adjacent to an activating group) is 1. The van der Waals surface area contributed by atoms with E-state index in [1.807, 2.05) is 6.92 Å². The molecule has 0 aromatic carbocycles. The summed E-state index contributed by atoms with van der Waals surface area (Å²) in [5, 5.41) is 5.76. The summed E-state index contributed by atoms with van der Waals surface area (Å²) in [6, 6.07) is -0.370. The van der Waals surface area contributed by atoms with Crippen molar-refractivity contribution in [1.82, 2.24) is 10.6 Å². The molecule has 1 amide bonds. The summed E-state index contributed by atoms with van der Waals surface area (Å²) >= 11 is 0. The fraction of sp³-hybridized carbons (Fsp3) is 0.923. The summed E-state index contributed by atoms with van der Waals surface area (Å²) < 4.78 is 38.0. The van der Waals surface area contributed by atoms with Crippen molar-refractivity contribution in [3.05, 3.63) is 0 Å². The number of carbonyl (C=O) groups is 1. The second-order valence-electron chi connectivity index (χ2n) is 5.73. The fourth-order valence-electron chi connectivity index (χ4n) is 2.51. The van der Waals surface area contributed by atoms with Crippen LogP contribution in [0.1, 0.15) is 46.5 Å². The lowest BCUT2D eigenvalue weighted by molar-refractivity contribution is -0.184. The van der Waals surface area contributed by atoms with E-state index in [1.165, 1.54) is 0 Å². The first-order valence-electron chi connectivity index (χ1n) is 6.79. The molecule has 1 fully saturated rings. The maximum Gasteiger partial charge on any atom is 0.391 e. The van der Waals surface area contributed by atoms with E-state index in [0.29, 0.717) is 19.4 Å². The van der Waals surface area contributed by atoms with Gasteiger partial charge in [-0.1, -0.05) is 13.3 Å². The third-order valence-corrected chi connectivity index (χ3v) is 3.66. The Balaban J connectivity index is 2.55. The third kappa shape index (κ3) is 4.67. The molecule has 1 aliphatic rings. The van der Waals surface area contributed by atoms with Crippen molar-refractivity contribution in [1.29, 1.82) is 0 Å². The van der Waals surface area contributed by atoms with Crippen LogP contribution >= 0.6 is 0 Å². The van der Waals surface area contributed by atoms with E-state index in [4.69, 9.17) is 0 Å². The zero-order valence-corrected chi connectivity index (χ0v) is 11.7. The maximum atomic E-state index is 12.7. The van der Waals surface area contributed by atoms with Gasteiger partial charge in [-0.25, -0.2) is 0 Å². The minimum Gasteiger partial charge on any atom is -0.352 e. The molecule has 2 unspecified atom stereocenters. The fourth-order valence-corrected chi connectivity index (χ4v) is 2.51. The first-order valence-corrected chi connectivity index (χ1v) is 6.79. The van der Waals surface area contributed by atoms with E-state index in [2.05, 4.69) is 10.6 Å². The molecular formula is C13H23F3N2O. The Morgan fingerprint density at radius 1 is 1.26 bits per heavy atom. The molecule has 1 aliphatic carbocycles. The van der Waals surface area contributed by atoms with Crippen LogP contribution in [-0.4, -0.2) is 30.2 Å². The minimum atomic E-state index is -4.15. The highest BCUT2D eigenvalue weighted by atomic mass is 19.4. The quantitative estimate of drug-likeness (QED) is 0.831. The van der Waals surface area contributed by atoms with Gasteiger partial charge < -0.3 is 10.6 Å². The topological polar surface area (TPSA) is 41.1 Å². The van der Waals surface area contributed by atoms with Crippen molar-refractivity contribution in [2.45, 2.75) is 64.2 Å². The average Bonchev–Trinajstić information content (AvgIpc) is 2.28. The predicted molar refractivity (Wildman–Crippen MR) is 67.7 cm³/mol. The van der Waals surface area contributed by atoms with E-state index in [1.54, 1.807) is 13.8 Å². The molecule has 0 radical (unpaired) electrons. The Labute approximate surface area is 112 Å².